The van der Waals surface area contributed by atoms with Crippen molar-refractivity contribution in [2.45, 2.75) is 44.4 Å². The molecule has 0 bridgehead atoms. The maximum Gasteiger partial charge on any atom is 0.261 e. The molecule has 94 valence electrons. The van der Waals surface area contributed by atoms with Crippen LogP contribution in [0.5, 0.6) is 0 Å². The zero-order valence-corrected chi connectivity index (χ0v) is 11.1. The Morgan fingerprint density at radius 3 is 2.94 bits per heavy atom. The van der Waals surface area contributed by atoms with Crippen LogP contribution in [0.3, 0.4) is 0 Å². The van der Waals surface area contributed by atoms with Gasteiger partial charge in [0.15, 0.2) is 5.82 Å². The Labute approximate surface area is 109 Å². The summed E-state index contributed by atoms with van der Waals surface area (Å²) >= 11 is 1.68. The van der Waals surface area contributed by atoms with Gasteiger partial charge in [0.05, 0.1) is 10.6 Å². The Bertz CT molecular complexity index is 624. The van der Waals surface area contributed by atoms with Crippen LogP contribution < -0.4 is 5.73 Å². The molecule has 2 aromatic rings. The molecule has 5 heteroatoms. The van der Waals surface area contributed by atoms with E-state index in [-0.39, 0.29) is 5.41 Å². The molecule has 4 rings (SSSR count). The SMILES string of the molecule is CC1(c2noc(-c3c(N)sc4c3CCC4)n2)CC1. The summed E-state index contributed by atoms with van der Waals surface area (Å²) in [6, 6.07) is 0. The molecular weight excluding hydrogens is 246 g/mol. The van der Waals surface area contributed by atoms with Crippen molar-refractivity contribution >= 4 is 16.3 Å². The van der Waals surface area contributed by atoms with Gasteiger partial charge in [-0.1, -0.05) is 12.1 Å². The molecule has 0 amide bonds. The van der Waals surface area contributed by atoms with Crippen LogP contribution in [-0.2, 0) is 18.3 Å². The van der Waals surface area contributed by atoms with Gasteiger partial charge >= 0.3 is 0 Å². The molecule has 0 aromatic carbocycles. The normalized spacial score (nSPS) is 20.1. The number of hydrogen-bond donors (Lipinski definition) is 1. The summed E-state index contributed by atoms with van der Waals surface area (Å²) in [6.07, 6.45) is 5.76. The van der Waals surface area contributed by atoms with Crippen LogP contribution in [0.15, 0.2) is 4.52 Å². The van der Waals surface area contributed by atoms with Gasteiger partial charge in [0.2, 0.25) is 0 Å². The molecule has 18 heavy (non-hydrogen) atoms. The summed E-state index contributed by atoms with van der Waals surface area (Å²) < 4.78 is 5.45. The fourth-order valence-electron chi connectivity index (χ4n) is 2.64. The summed E-state index contributed by atoms with van der Waals surface area (Å²) in [5.41, 5.74) is 8.61. The number of nitrogens with two attached hydrogens (primary N) is 1. The Balaban J connectivity index is 1.81. The summed E-state index contributed by atoms with van der Waals surface area (Å²) in [5, 5.41) is 4.96. The number of aromatic nitrogens is 2. The highest BCUT2D eigenvalue weighted by Gasteiger charge is 2.44. The lowest BCUT2D eigenvalue weighted by atomic mass is 10.1. The molecule has 2 N–H and O–H groups in total. The van der Waals surface area contributed by atoms with Crippen molar-refractivity contribution in [2.75, 3.05) is 5.73 Å². The van der Waals surface area contributed by atoms with E-state index < -0.39 is 0 Å². The Kier molecular flexibility index (Phi) is 1.96. The summed E-state index contributed by atoms with van der Waals surface area (Å²) in [7, 11) is 0. The summed E-state index contributed by atoms with van der Waals surface area (Å²) in [6.45, 7) is 2.18. The lowest BCUT2D eigenvalue weighted by Crippen LogP contribution is -2.02. The van der Waals surface area contributed by atoms with Crippen molar-refractivity contribution in [3.05, 3.63) is 16.3 Å². The second-order valence-electron chi connectivity index (χ2n) is 5.58. The molecule has 4 nitrogen and oxygen atoms in total. The number of fused-ring (bicyclic) bond motifs is 1. The third kappa shape index (κ3) is 1.37. The third-order valence-electron chi connectivity index (χ3n) is 4.13. The second-order valence-corrected chi connectivity index (χ2v) is 6.72. The number of nitrogens with zero attached hydrogens (tertiary/aromatic N) is 2. The lowest BCUT2D eigenvalue weighted by molar-refractivity contribution is 0.416. The van der Waals surface area contributed by atoms with E-state index in [0.29, 0.717) is 5.89 Å². The monoisotopic (exact) mass is 261 g/mol. The fourth-order valence-corrected chi connectivity index (χ4v) is 3.79. The highest BCUT2D eigenvalue weighted by Crippen LogP contribution is 2.48. The van der Waals surface area contributed by atoms with Crippen LogP contribution in [0, 0.1) is 0 Å². The Morgan fingerprint density at radius 1 is 1.33 bits per heavy atom. The smallest absolute Gasteiger partial charge is 0.261 e. The van der Waals surface area contributed by atoms with Crippen molar-refractivity contribution in [3.63, 3.8) is 0 Å². The highest BCUT2D eigenvalue weighted by molar-refractivity contribution is 7.16. The standard InChI is InChI=1S/C13H15N3OS/c1-13(5-6-13)12-15-11(17-16-12)9-7-3-2-4-8(7)18-10(9)14/h2-6,14H2,1H3. The Morgan fingerprint density at radius 2 is 2.17 bits per heavy atom. The first-order valence-corrected chi connectivity index (χ1v) is 7.24. The molecule has 0 radical (unpaired) electrons. The largest absolute Gasteiger partial charge is 0.390 e. The van der Waals surface area contributed by atoms with Crippen LogP contribution in [0.2, 0.25) is 0 Å². The highest BCUT2D eigenvalue weighted by atomic mass is 32.1. The van der Waals surface area contributed by atoms with Crippen molar-refractivity contribution in [1.82, 2.24) is 10.1 Å². The van der Waals surface area contributed by atoms with Crippen LogP contribution in [-0.4, -0.2) is 10.1 Å². The molecule has 0 spiro atoms. The van der Waals surface area contributed by atoms with Crippen LogP contribution >= 0.6 is 11.3 Å². The topological polar surface area (TPSA) is 64.9 Å². The van der Waals surface area contributed by atoms with Gasteiger partial charge in [0, 0.05) is 10.3 Å². The van der Waals surface area contributed by atoms with Gasteiger partial charge in [-0.2, -0.15) is 4.98 Å². The molecule has 2 heterocycles. The number of hydrogen-bond acceptors (Lipinski definition) is 5. The molecule has 0 aliphatic heterocycles. The lowest BCUT2D eigenvalue weighted by Gasteiger charge is -1.98. The quantitative estimate of drug-likeness (QED) is 0.902. The van der Waals surface area contributed by atoms with Crippen LogP contribution in [0.1, 0.15) is 42.5 Å². The van der Waals surface area contributed by atoms with E-state index in [1.807, 2.05) is 0 Å². The van der Waals surface area contributed by atoms with E-state index in [4.69, 9.17) is 10.3 Å². The van der Waals surface area contributed by atoms with Gasteiger partial charge in [-0.3, -0.25) is 0 Å². The molecule has 2 aromatic heterocycles. The van der Waals surface area contributed by atoms with Crippen molar-refractivity contribution in [3.8, 4) is 11.5 Å². The molecule has 1 saturated carbocycles. The maximum absolute atomic E-state index is 6.11. The molecule has 0 unspecified atom stereocenters. The molecule has 2 aliphatic carbocycles. The predicted octanol–water partition coefficient (Wildman–Crippen LogP) is 2.92. The van der Waals surface area contributed by atoms with E-state index >= 15 is 0 Å². The average Bonchev–Trinajstić information content (AvgIpc) is 2.74. The van der Waals surface area contributed by atoms with Gasteiger partial charge in [-0.25, -0.2) is 0 Å². The first-order chi connectivity index (χ1) is 8.67. The van der Waals surface area contributed by atoms with E-state index in [1.54, 1.807) is 11.3 Å². The minimum absolute atomic E-state index is 0.149. The van der Waals surface area contributed by atoms with Crippen LogP contribution in [0.4, 0.5) is 5.00 Å². The van der Waals surface area contributed by atoms with Crippen molar-refractivity contribution < 1.29 is 4.52 Å². The zero-order chi connectivity index (χ0) is 12.3. The first kappa shape index (κ1) is 10.6. The maximum atomic E-state index is 6.11. The Hall–Kier alpha value is -1.36. The van der Waals surface area contributed by atoms with Gasteiger partial charge in [-0.15, -0.1) is 11.3 Å². The minimum atomic E-state index is 0.149. The molecule has 2 aliphatic rings. The van der Waals surface area contributed by atoms with E-state index in [1.165, 1.54) is 16.9 Å². The van der Waals surface area contributed by atoms with Crippen molar-refractivity contribution in [1.29, 1.82) is 0 Å². The molecule has 0 atom stereocenters. The predicted molar refractivity (Wildman–Crippen MR) is 70.6 cm³/mol. The van der Waals surface area contributed by atoms with E-state index in [0.717, 1.165) is 42.1 Å². The molecular formula is C13H15N3OS. The molecule has 0 saturated heterocycles. The number of nitrogen functional groups attached to an aromatic ring is 1. The van der Waals surface area contributed by atoms with Gasteiger partial charge in [0.1, 0.15) is 0 Å². The average molecular weight is 261 g/mol. The third-order valence-corrected chi connectivity index (χ3v) is 5.25. The molecule has 1 fully saturated rings. The number of rotatable bonds is 2. The fraction of sp³-hybridized carbons (Fsp3) is 0.538. The van der Waals surface area contributed by atoms with E-state index in [9.17, 15) is 0 Å². The van der Waals surface area contributed by atoms with Gasteiger partial charge in [0.25, 0.3) is 5.89 Å². The minimum Gasteiger partial charge on any atom is -0.390 e. The first-order valence-electron chi connectivity index (χ1n) is 6.42. The van der Waals surface area contributed by atoms with Crippen LogP contribution in [0.25, 0.3) is 11.5 Å². The van der Waals surface area contributed by atoms with Gasteiger partial charge < -0.3 is 10.3 Å². The number of anilines is 1. The second kappa shape index (κ2) is 3.35. The zero-order valence-electron chi connectivity index (χ0n) is 10.3. The number of aryl methyl sites for hydroxylation is 1. The van der Waals surface area contributed by atoms with E-state index in [2.05, 4.69) is 17.1 Å². The number of thiophene rings is 1. The summed E-state index contributed by atoms with van der Waals surface area (Å²) in [4.78, 5) is 5.98. The van der Waals surface area contributed by atoms with Gasteiger partial charge in [-0.05, 0) is 37.7 Å². The van der Waals surface area contributed by atoms with Crippen molar-refractivity contribution in [2.24, 2.45) is 0 Å². The summed E-state index contributed by atoms with van der Waals surface area (Å²) in [5.74, 6) is 1.46.